The Hall–Kier alpha value is -1.18. The lowest BCUT2D eigenvalue weighted by molar-refractivity contribution is -0.0817. The Morgan fingerprint density at radius 3 is 2.96 bits per heavy atom. The van der Waals surface area contributed by atoms with Crippen LogP contribution in [0.1, 0.15) is 25.3 Å². The van der Waals surface area contributed by atoms with E-state index >= 15 is 0 Å². The molecule has 2 atom stereocenters. The Bertz CT molecular complexity index is 623. The molecule has 0 aromatic heterocycles. The van der Waals surface area contributed by atoms with Crippen LogP contribution in [0.4, 0.5) is 4.39 Å². The summed E-state index contributed by atoms with van der Waals surface area (Å²) in [5.41, 5.74) is 0.679. The minimum Gasteiger partial charge on any atom is -0.375 e. The van der Waals surface area contributed by atoms with E-state index in [2.05, 4.69) is 33.1 Å². The lowest BCUT2D eigenvalue weighted by Gasteiger charge is -2.37. The van der Waals surface area contributed by atoms with Crippen molar-refractivity contribution >= 4 is 21.9 Å². The van der Waals surface area contributed by atoms with E-state index in [1.165, 1.54) is 6.07 Å². The molecule has 2 saturated heterocycles. The zero-order valence-corrected chi connectivity index (χ0v) is 16.8. The zero-order valence-electron chi connectivity index (χ0n) is 15.2. The van der Waals surface area contributed by atoms with E-state index < -0.39 is 0 Å². The zero-order chi connectivity index (χ0) is 18.4. The first-order valence-corrected chi connectivity index (χ1v) is 10.2. The maximum absolute atomic E-state index is 13.9. The molecule has 1 aromatic rings. The molecule has 2 heterocycles. The van der Waals surface area contributed by atoms with Crippen molar-refractivity contribution in [3.05, 3.63) is 34.1 Å². The summed E-state index contributed by atoms with van der Waals surface area (Å²) in [4.78, 5) is 6.95. The van der Waals surface area contributed by atoms with E-state index in [4.69, 9.17) is 14.5 Å². The minimum atomic E-state index is -0.182. The Morgan fingerprint density at radius 1 is 1.35 bits per heavy atom. The Labute approximate surface area is 163 Å². The molecule has 2 aliphatic rings. The van der Waals surface area contributed by atoms with Crippen molar-refractivity contribution in [1.82, 2.24) is 10.2 Å². The van der Waals surface area contributed by atoms with Gasteiger partial charge in [0, 0.05) is 37.3 Å². The molecule has 0 amide bonds. The van der Waals surface area contributed by atoms with Crippen LogP contribution in [0.3, 0.4) is 0 Å². The molecule has 3 rings (SSSR count). The molecular weight excluding hydrogens is 401 g/mol. The predicted octanol–water partition coefficient (Wildman–Crippen LogP) is 2.98. The third-order valence-electron chi connectivity index (χ3n) is 4.76. The van der Waals surface area contributed by atoms with Crippen molar-refractivity contribution in [2.75, 3.05) is 39.4 Å². The summed E-state index contributed by atoms with van der Waals surface area (Å²) in [6.45, 7) is 6.49. The third kappa shape index (κ3) is 5.18. The number of benzene rings is 1. The summed E-state index contributed by atoms with van der Waals surface area (Å²) in [7, 11) is 0. The molecule has 0 spiro atoms. The van der Waals surface area contributed by atoms with Gasteiger partial charge in [0.15, 0.2) is 5.96 Å². The van der Waals surface area contributed by atoms with Crippen LogP contribution < -0.4 is 5.32 Å². The molecular formula is C19H27BrFN3O2. The van der Waals surface area contributed by atoms with Crippen molar-refractivity contribution in [3.8, 4) is 0 Å². The first-order chi connectivity index (χ1) is 12.7. The quantitative estimate of drug-likeness (QED) is 0.579. The number of guanidine groups is 1. The van der Waals surface area contributed by atoms with Gasteiger partial charge in [0.25, 0.3) is 0 Å². The van der Waals surface area contributed by atoms with Gasteiger partial charge in [-0.3, -0.25) is 4.99 Å². The number of halogens is 2. The Kier molecular flexibility index (Phi) is 7.28. The van der Waals surface area contributed by atoms with Crippen molar-refractivity contribution in [1.29, 1.82) is 0 Å². The second-order valence-electron chi connectivity index (χ2n) is 6.63. The van der Waals surface area contributed by atoms with Crippen LogP contribution in [-0.4, -0.2) is 62.5 Å². The maximum atomic E-state index is 13.9. The number of morpholine rings is 1. The van der Waals surface area contributed by atoms with E-state index in [1.54, 1.807) is 6.07 Å². The summed E-state index contributed by atoms with van der Waals surface area (Å²) in [5, 5.41) is 3.35. The van der Waals surface area contributed by atoms with E-state index in [1.807, 2.05) is 6.07 Å². The van der Waals surface area contributed by atoms with E-state index in [0.717, 1.165) is 49.5 Å². The number of nitrogens with zero attached hydrogens (tertiary/aromatic N) is 2. The highest BCUT2D eigenvalue weighted by Gasteiger charge is 2.32. The summed E-state index contributed by atoms with van der Waals surface area (Å²) >= 11 is 3.39. The SMILES string of the molecule is CCNC(=NCCc1cc(Br)ccc1F)N1CCOC(C2CCCO2)C1. The van der Waals surface area contributed by atoms with Crippen molar-refractivity contribution in [2.24, 2.45) is 4.99 Å². The first-order valence-electron chi connectivity index (χ1n) is 9.37. The molecule has 0 radical (unpaired) electrons. The van der Waals surface area contributed by atoms with E-state index in [0.29, 0.717) is 25.1 Å². The number of nitrogens with one attached hydrogen (secondary N) is 1. The van der Waals surface area contributed by atoms with Gasteiger partial charge in [0.2, 0.25) is 0 Å². The number of rotatable bonds is 5. The highest BCUT2D eigenvalue weighted by molar-refractivity contribution is 9.10. The molecule has 1 aromatic carbocycles. The molecule has 2 aliphatic heterocycles. The van der Waals surface area contributed by atoms with E-state index in [-0.39, 0.29) is 18.0 Å². The maximum Gasteiger partial charge on any atom is 0.194 e. The standard InChI is InChI=1S/C19H27BrFN3O2/c1-2-22-19(23-8-7-14-12-15(20)5-6-16(14)21)24-9-11-26-18(13-24)17-4-3-10-25-17/h5-6,12,17-18H,2-4,7-11,13H2,1H3,(H,22,23). The van der Waals surface area contributed by atoms with Crippen LogP contribution in [0.5, 0.6) is 0 Å². The van der Waals surface area contributed by atoms with Crippen LogP contribution in [0.2, 0.25) is 0 Å². The smallest absolute Gasteiger partial charge is 0.194 e. The van der Waals surface area contributed by atoms with Gasteiger partial charge in [-0.15, -0.1) is 0 Å². The van der Waals surface area contributed by atoms with Gasteiger partial charge in [-0.05, 0) is 49.9 Å². The van der Waals surface area contributed by atoms with Gasteiger partial charge in [-0.2, -0.15) is 0 Å². The predicted molar refractivity (Wildman–Crippen MR) is 104 cm³/mol. The van der Waals surface area contributed by atoms with Crippen molar-refractivity contribution < 1.29 is 13.9 Å². The van der Waals surface area contributed by atoms with Gasteiger partial charge in [-0.25, -0.2) is 4.39 Å². The topological polar surface area (TPSA) is 46.1 Å². The minimum absolute atomic E-state index is 0.0950. The van der Waals surface area contributed by atoms with Crippen molar-refractivity contribution in [2.45, 2.75) is 38.4 Å². The second-order valence-corrected chi connectivity index (χ2v) is 7.54. The molecule has 7 heteroatoms. The lowest BCUT2D eigenvalue weighted by atomic mass is 10.1. The fraction of sp³-hybridized carbons (Fsp3) is 0.632. The number of aliphatic imine (C=N–C) groups is 1. The lowest BCUT2D eigenvalue weighted by Crippen LogP contribution is -2.53. The highest BCUT2D eigenvalue weighted by atomic mass is 79.9. The van der Waals surface area contributed by atoms with Crippen LogP contribution in [0.25, 0.3) is 0 Å². The monoisotopic (exact) mass is 427 g/mol. The molecule has 26 heavy (non-hydrogen) atoms. The van der Waals surface area contributed by atoms with Gasteiger partial charge < -0.3 is 19.7 Å². The molecule has 5 nitrogen and oxygen atoms in total. The molecule has 0 aliphatic carbocycles. The van der Waals surface area contributed by atoms with Crippen LogP contribution in [0.15, 0.2) is 27.7 Å². The van der Waals surface area contributed by atoms with Crippen LogP contribution in [-0.2, 0) is 15.9 Å². The fourth-order valence-corrected chi connectivity index (χ4v) is 3.84. The molecule has 0 bridgehead atoms. The van der Waals surface area contributed by atoms with Crippen molar-refractivity contribution in [3.63, 3.8) is 0 Å². The summed E-state index contributed by atoms with van der Waals surface area (Å²) in [6.07, 6.45) is 3.03. The van der Waals surface area contributed by atoms with Crippen LogP contribution in [0, 0.1) is 5.82 Å². The number of hydrogen-bond acceptors (Lipinski definition) is 3. The fourth-order valence-electron chi connectivity index (χ4n) is 3.43. The van der Waals surface area contributed by atoms with E-state index in [9.17, 15) is 4.39 Å². The van der Waals surface area contributed by atoms with Gasteiger partial charge in [-0.1, -0.05) is 15.9 Å². The highest BCUT2D eigenvalue weighted by Crippen LogP contribution is 2.21. The third-order valence-corrected chi connectivity index (χ3v) is 5.25. The molecule has 2 unspecified atom stereocenters. The average Bonchev–Trinajstić information content (AvgIpc) is 3.19. The summed E-state index contributed by atoms with van der Waals surface area (Å²) < 4.78 is 26.5. The average molecular weight is 428 g/mol. The molecule has 2 fully saturated rings. The number of hydrogen-bond donors (Lipinski definition) is 1. The Morgan fingerprint density at radius 2 is 2.19 bits per heavy atom. The number of ether oxygens (including phenoxy) is 2. The summed E-state index contributed by atoms with van der Waals surface area (Å²) in [6, 6.07) is 5.02. The summed E-state index contributed by atoms with van der Waals surface area (Å²) in [5.74, 6) is 0.687. The normalized spacial score (nSPS) is 24.1. The molecule has 0 saturated carbocycles. The van der Waals surface area contributed by atoms with Gasteiger partial charge >= 0.3 is 0 Å². The molecule has 144 valence electrons. The van der Waals surface area contributed by atoms with Crippen LogP contribution >= 0.6 is 15.9 Å². The van der Waals surface area contributed by atoms with Gasteiger partial charge in [0.05, 0.1) is 12.7 Å². The molecule has 1 N–H and O–H groups in total. The van der Waals surface area contributed by atoms with Gasteiger partial charge in [0.1, 0.15) is 11.9 Å². The first kappa shape index (κ1) is 19.6. The second kappa shape index (κ2) is 9.67. The Balaban J connectivity index is 1.61. The largest absolute Gasteiger partial charge is 0.375 e.